The topological polar surface area (TPSA) is 70.2 Å². The molecule has 2 aliphatic rings. The summed E-state index contributed by atoms with van der Waals surface area (Å²) in [6.07, 6.45) is 1.62. The quantitative estimate of drug-likeness (QED) is 0.753. The lowest BCUT2D eigenvalue weighted by Gasteiger charge is -2.22. The van der Waals surface area contributed by atoms with Gasteiger partial charge in [0.1, 0.15) is 6.04 Å². The summed E-state index contributed by atoms with van der Waals surface area (Å²) in [6.45, 7) is 2.37. The average molecular weight is 296 g/mol. The van der Waals surface area contributed by atoms with Crippen molar-refractivity contribution < 1.29 is 9.59 Å². The Hall–Kier alpha value is -1.59. The summed E-state index contributed by atoms with van der Waals surface area (Å²) in [4.78, 5) is 23.8. The third-order valence-corrected chi connectivity index (χ3v) is 3.69. The van der Waals surface area contributed by atoms with Crippen LogP contribution in [0.15, 0.2) is 18.2 Å². The predicted molar refractivity (Wildman–Crippen MR) is 77.7 cm³/mol. The molecule has 0 spiro atoms. The maximum absolute atomic E-state index is 12.1. The van der Waals surface area contributed by atoms with Gasteiger partial charge < -0.3 is 16.0 Å². The third kappa shape index (κ3) is 2.94. The molecule has 1 atom stereocenters. The molecule has 3 N–H and O–H groups in total. The monoisotopic (exact) mass is 295 g/mol. The van der Waals surface area contributed by atoms with E-state index in [0.29, 0.717) is 18.5 Å². The molecule has 1 saturated heterocycles. The molecular formula is C14H18ClN3O2. The standard InChI is InChI=1S/C14H17N3O2.ClH/c18-13(17-12-2-1-5-16-14(12)19)9-3-4-10-7-15-8-11(10)6-9;/h3-4,6,12,15H,1-2,5,7-8H2,(H,16,19)(H,17,18);1H. The van der Waals surface area contributed by atoms with Crippen molar-refractivity contribution in [2.45, 2.75) is 32.0 Å². The van der Waals surface area contributed by atoms with Gasteiger partial charge in [0.2, 0.25) is 5.91 Å². The molecule has 1 unspecified atom stereocenters. The number of nitrogens with one attached hydrogen (secondary N) is 3. The second kappa shape index (κ2) is 6.24. The zero-order valence-electron chi connectivity index (χ0n) is 11.1. The van der Waals surface area contributed by atoms with Crippen molar-refractivity contribution in [1.29, 1.82) is 0 Å². The van der Waals surface area contributed by atoms with Crippen molar-refractivity contribution in [2.24, 2.45) is 0 Å². The minimum atomic E-state index is -0.396. The molecule has 0 aliphatic carbocycles. The van der Waals surface area contributed by atoms with Crippen LogP contribution in [0.4, 0.5) is 0 Å². The fraction of sp³-hybridized carbons (Fsp3) is 0.429. The first-order chi connectivity index (χ1) is 9.24. The first-order valence-electron chi connectivity index (χ1n) is 6.65. The summed E-state index contributed by atoms with van der Waals surface area (Å²) in [5, 5.41) is 8.82. The smallest absolute Gasteiger partial charge is 0.251 e. The summed E-state index contributed by atoms with van der Waals surface area (Å²) < 4.78 is 0. The van der Waals surface area contributed by atoms with Gasteiger partial charge in [-0.2, -0.15) is 0 Å². The van der Waals surface area contributed by atoms with E-state index in [2.05, 4.69) is 16.0 Å². The van der Waals surface area contributed by atoms with E-state index in [1.165, 1.54) is 11.1 Å². The van der Waals surface area contributed by atoms with Crippen LogP contribution >= 0.6 is 12.4 Å². The van der Waals surface area contributed by atoms with E-state index in [1.54, 1.807) is 0 Å². The van der Waals surface area contributed by atoms with Crippen LogP contribution in [0.5, 0.6) is 0 Å². The van der Waals surface area contributed by atoms with Crippen LogP contribution in [0.25, 0.3) is 0 Å². The van der Waals surface area contributed by atoms with Crippen LogP contribution in [-0.4, -0.2) is 24.4 Å². The van der Waals surface area contributed by atoms with Gasteiger partial charge in [0.25, 0.3) is 5.91 Å². The zero-order valence-corrected chi connectivity index (χ0v) is 11.9. The number of amides is 2. The van der Waals surface area contributed by atoms with Crippen LogP contribution in [-0.2, 0) is 17.9 Å². The lowest BCUT2D eigenvalue weighted by atomic mass is 10.0. The number of benzene rings is 1. The molecular weight excluding hydrogens is 278 g/mol. The van der Waals surface area contributed by atoms with Gasteiger partial charge in [-0.3, -0.25) is 9.59 Å². The number of carbonyl (C=O) groups is 2. The molecule has 0 radical (unpaired) electrons. The molecule has 1 aromatic carbocycles. The second-order valence-corrected chi connectivity index (χ2v) is 5.05. The largest absolute Gasteiger partial charge is 0.354 e. The molecule has 20 heavy (non-hydrogen) atoms. The molecule has 6 heteroatoms. The molecule has 0 bridgehead atoms. The van der Waals surface area contributed by atoms with Gasteiger partial charge >= 0.3 is 0 Å². The van der Waals surface area contributed by atoms with Crippen molar-refractivity contribution in [1.82, 2.24) is 16.0 Å². The normalized spacial score (nSPS) is 20.6. The SMILES string of the molecule is Cl.O=C(NC1CCCNC1=O)c1ccc2c(c1)CNC2. The fourth-order valence-electron chi connectivity index (χ4n) is 2.59. The molecule has 2 amide bonds. The van der Waals surface area contributed by atoms with Gasteiger partial charge in [0, 0.05) is 25.2 Å². The molecule has 3 rings (SSSR count). The Morgan fingerprint density at radius 3 is 2.85 bits per heavy atom. The van der Waals surface area contributed by atoms with E-state index in [1.807, 2.05) is 18.2 Å². The Balaban J connectivity index is 0.00000147. The van der Waals surface area contributed by atoms with Crippen LogP contribution in [0.3, 0.4) is 0 Å². The third-order valence-electron chi connectivity index (χ3n) is 3.69. The van der Waals surface area contributed by atoms with Gasteiger partial charge in [-0.1, -0.05) is 6.07 Å². The number of hydrogen-bond donors (Lipinski definition) is 3. The van der Waals surface area contributed by atoms with Crippen molar-refractivity contribution in [3.8, 4) is 0 Å². The van der Waals surface area contributed by atoms with Gasteiger partial charge in [0.05, 0.1) is 0 Å². The molecule has 108 valence electrons. The number of halogens is 1. The average Bonchev–Trinajstić information content (AvgIpc) is 2.88. The number of hydrogen-bond acceptors (Lipinski definition) is 3. The highest BCUT2D eigenvalue weighted by Gasteiger charge is 2.24. The van der Waals surface area contributed by atoms with Gasteiger partial charge in [0.15, 0.2) is 0 Å². The van der Waals surface area contributed by atoms with Crippen LogP contribution < -0.4 is 16.0 Å². The molecule has 0 saturated carbocycles. The van der Waals surface area contributed by atoms with Gasteiger partial charge in [-0.05, 0) is 36.1 Å². The van der Waals surface area contributed by atoms with Gasteiger partial charge in [-0.15, -0.1) is 12.4 Å². The van der Waals surface area contributed by atoms with Gasteiger partial charge in [-0.25, -0.2) is 0 Å². The summed E-state index contributed by atoms with van der Waals surface area (Å²) in [7, 11) is 0. The molecule has 1 aromatic rings. The molecule has 2 aliphatic heterocycles. The molecule has 0 aromatic heterocycles. The summed E-state index contributed by atoms with van der Waals surface area (Å²) in [5.41, 5.74) is 3.04. The Labute approximate surface area is 123 Å². The zero-order chi connectivity index (χ0) is 13.2. The van der Waals surface area contributed by atoms with Crippen molar-refractivity contribution in [2.75, 3.05) is 6.54 Å². The molecule has 2 heterocycles. The summed E-state index contributed by atoms with van der Waals surface area (Å²) in [5.74, 6) is -0.251. The fourth-order valence-corrected chi connectivity index (χ4v) is 2.59. The lowest BCUT2D eigenvalue weighted by molar-refractivity contribution is -0.124. The first-order valence-corrected chi connectivity index (χ1v) is 6.65. The molecule has 1 fully saturated rings. The number of carbonyl (C=O) groups excluding carboxylic acids is 2. The highest BCUT2D eigenvalue weighted by Crippen LogP contribution is 2.17. The van der Waals surface area contributed by atoms with E-state index in [-0.39, 0.29) is 24.2 Å². The highest BCUT2D eigenvalue weighted by molar-refractivity contribution is 5.97. The lowest BCUT2D eigenvalue weighted by Crippen LogP contribution is -2.50. The Bertz CT molecular complexity index is 533. The predicted octanol–water partition coefficient (Wildman–Crippen LogP) is 0.720. The van der Waals surface area contributed by atoms with E-state index < -0.39 is 6.04 Å². The van der Waals surface area contributed by atoms with Crippen LogP contribution in [0.2, 0.25) is 0 Å². The Kier molecular flexibility index (Phi) is 4.62. The van der Waals surface area contributed by atoms with E-state index in [9.17, 15) is 9.59 Å². The first kappa shape index (κ1) is 14.8. The van der Waals surface area contributed by atoms with E-state index in [0.717, 1.165) is 19.5 Å². The second-order valence-electron chi connectivity index (χ2n) is 5.05. The summed E-state index contributed by atoms with van der Waals surface area (Å²) in [6, 6.07) is 5.31. The van der Waals surface area contributed by atoms with E-state index in [4.69, 9.17) is 0 Å². The maximum Gasteiger partial charge on any atom is 0.251 e. The Morgan fingerprint density at radius 2 is 2.05 bits per heavy atom. The maximum atomic E-state index is 12.1. The van der Waals surface area contributed by atoms with Crippen molar-refractivity contribution in [3.63, 3.8) is 0 Å². The van der Waals surface area contributed by atoms with Crippen LogP contribution in [0.1, 0.15) is 34.3 Å². The Morgan fingerprint density at radius 1 is 1.25 bits per heavy atom. The van der Waals surface area contributed by atoms with Crippen molar-refractivity contribution in [3.05, 3.63) is 34.9 Å². The van der Waals surface area contributed by atoms with E-state index >= 15 is 0 Å². The number of rotatable bonds is 2. The summed E-state index contributed by atoms with van der Waals surface area (Å²) >= 11 is 0. The highest BCUT2D eigenvalue weighted by atomic mass is 35.5. The van der Waals surface area contributed by atoms with Crippen LogP contribution in [0, 0.1) is 0 Å². The number of fused-ring (bicyclic) bond motifs is 1. The minimum Gasteiger partial charge on any atom is -0.354 e. The number of piperidine rings is 1. The van der Waals surface area contributed by atoms with Crippen molar-refractivity contribution >= 4 is 24.2 Å². The minimum absolute atomic E-state index is 0. The molecule has 5 nitrogen and oxygen atoms in total.